The zero-order valence-electron chi connectivity index (χ0n) is 10.7. The number of nitrogens with zero attached hydrogens (tertiary/aromatic N) is 1. The van der Waals surface area contributed by atoms with Gasteiger partial charge in [0.15, 0.2) is 0 Å². The van der Waals surface area contributed by atoms with Crippen LogP contribution in [0.15, 0.2) is 0 Å². The molecular formula is C12H24N2O2S. The maximum atomic E-state index is 12.2. The average molecular weight is 260 g/mol. The van der Waals surface area contributed by atoms with Crippen LogP contribution in [0.5, 0.6) is 0 Å². The van der Waals surface area contributed by atoms with E-state index in [-0.39, 0.29) is 0 Å². The molecule has 0 spiro atoms. The van der Waals surface area contributed by atoms with Crippen LogP contribution in [0.3, 0.4) is 0 Å². The van der Waals surface area contributed by atoms with Crippen molar-refractivity contribution in [1.29, 1.82) is 0 Å². The summed E-state index contributed by atoms with van der Waals surface area (Å²) in [5.41, 5.74) is 0. The summed E-state index contributed by atoms with van der Waals surface area (Å²) in [6.07, 6.45) is 6.30. The minimum atomic E-state index is -2.99. The van der Waals surface area contributed by atoms with Gasteiger partial charge in [0.1, 0.15) is 0 Å². The molecule has 17 heavy (non-hydrogen) atoms. The van der Waals surface area contributed by atoms with Crippen LogP contribution in [-0.4, -0.2) is 44.7 Å². The summed E-state index contributed by atoms with van der Waals surface area (Å²) in [7, 11) is -1.09. The van der Waals surface area contributed by atoms with Crippen LogP contribution in [0.4, 0.5) is 0 Å². The zero-order valence-corrected chi connectivity index (χ0v) is 11.5. The lowest BCUT2D eigenvalue weighted by atomic mass is 10.3. The fourth-order valence-electron chi connectivity index (χ4n) is 2.11. The molecule has 0 bridgehead atoms. The molecule has 4 nitrogen and oxygen atoms in total. The maximum Gasteiger partial charge on any atom is 0.214 e. The van der Waals surface area contributed by atoms with Gasteiger partial charge in [-0.25, -0.2) is 8.42 Å². The standard InChI is InChI=1S/C12H24N2O2S/c1-13-8-2-3-9-17(15,16)14(12-6-7-12)10-11-4-5-11/h11-13H,2-10H2,1H3. The number of sulfonamides is 1. The van der Waals surface area contributed by atoms with Crippen molar-refractivity contribution in [1.82, 2.24) is 9.62 Å². The maximum absolute atomic E-state index is 12.2. The quantitative estimate of drug-likeness (QED) is 0.634. The monoisotopic (exact) mass is 260 g/mol. The van der Waals surface area contributed by atoms with Crippen LogP contribution in [0.1, 0.15) is 38.5 Å². The lowest BCUT2D eigenvalue weighted by Gasteiger charge is -2.21. The van der Waals surface area contributed by atoms with Crippen LogP contribution in [0.25, 0.3) is 0 Å². The summed E-state index contributed by atoms with van der Waals surface area (Å²) >= 11 is 0. The van der Waals surface area contributed by atoms with Crippen molar-refractivity contribution in [2.75, 3.05) is 25.9 Å². The van der Waals surface area contributed by atoms with Gasteiger partial charge in [-0.05, 0) is 58.0 Å². The summed E-state index contributed by atoms with van der Waals surface area (Å²) in [6.45, 7) is 1.70. The SMILES string of the molecule is CNCCCCS(=O)(=O)N(CC1CC1)C1CC1. The van der Waals surface area contributed by atoms with Crippen LogP contribution in [-0.2, 0) is 10.0 Å². The second-order valence-corrected chi connectivity index (χ2v) is 7.41. The van der Waals surface area contributed by atoms with E-state index in [9.17, 15) is 8.42 Å². The van der Waals surface area contributed by atoms with E-state index in [1.807, 2.05) is 11.4 Å². The second-order valence-electron chi connectivity index (χ2n) is 5.37. The first-order chi connectivity index (χ1) is 8.13. The van der Waals surface area contributed by atoms with Crippen LogP contribution in [0.2, 0.25) is 0 Å². The van der Waals surface area contributed by atoms with Crippen molar-refractivity contribution in [3.8, 4) is 0 Å². The highest BCUT2D eigenvalue weighted by Gasteiger charge is 2.39. The number of nitrogens with one attached hydrogen (secondary N) is 1. The number of hydrogen-bond acceptors (Lipinski definition) is 3. The predicted molar refractivity (Wildman–Crippen MR) is 69.4 cm³/mol. The molecule has 0 radical (unpaired) electrons. The van der Waals surface area contributed by atoms with Crippen molar-refractivity contribution in [3.05, 3.63) is 0 Å². The van der Waals surface area contributed by atoms with E-state index in [4.69, 9.17) is 0 Å². The van der Waals surface area contributed by atoms with E-state index < -0.39 is 10.0 Å². The van der Waals surface area contributed by atoms with Gasteiger partial charge in [0.05, 0.1) is 5.75 Å². The minimum absolute atomic E-state index is 0.331. The molecule has 0 aliphatic heterocycles. The summed E-state index contributed by atoms with van der Waals surface area (Å²) in [6, 6.07) is 0.338. The van der Waals surface area contributed by atoms with E-state index >= 15 is 0 Å². The molecule has 2 saturated carbocycles. The molecule has 5 heteroatoms. The van der Waals surface area contributed by atoms with Crippen LogP contribution in [0, 0.1) is 5.92 Å². The Balaban J connectivity index is 1.81. The summed E-state index contributed by atoms with van der Waals surface area (Å²) < 4.78 is 26.3. The van der Waals surface area contributed by atoms with Gasteiger partial charge in [0, 0.05) is 12.6 Å². The Kier molecular flexibility index (Phi) is 4.44. The lowest BCUT2D eigenvalue weighted by molar-refractivity contribution is 0.388. The molecule has 2 aliphatic rings. The van der Waals surface area contributed by atoms with Gasteiger partial charge in [-0.3, -0.25) is 0 Å². The van der Waals surface area contributed by atoms with Crippen molar-refractivity contribution < 1.29 is 8.42 Å². The first-order valence-corrected chi connectivity index (χ1v) is 8.38. The van der Waals surface area contributed by atoms with Gasteiger partial charge in [-0.15, -0.1) is 0 Å². The van der Waals surface area contributed by atoms with E-state index in [0.29, 0.717) is 17.7 Å². The molecule has 0 amide bonds. The van der Waals surface area contributed by atoms with Crippen molar-refractivity contribution in [2.45, 2.75) is 44.6 Å². The van der Waals surface area contributed by atoms with E-state index in [1.165, 1.54) is 12.8 Å². The Morgan fingerprint density at radius 3 is 2.41 bits per heavy atom. The van der Waals surface area contributed by atoms with Gasteiger partial charge in [0.2, 0.25) is 10.0 Å². The Morgan fingerprint density at radius 1 is 1.18 bits per heavy atom. The van der Waals surface area contributed by atoms with Gasteiger partial charge >= 0.3 is 0 Å². The van der Waals surface area contributed by atoms with Gasteiger partial charge < -0.3 is 5.32 Å². The minimum Gasteiger partial charge on any atom is -0.320 e. The van der Waals surface area contributed by atoms with Crippen LogP contribution < -0.4 is 5.32 Å². The van der Waals surface area contributed by atoms with Gasteiger partial charge in [-0.2, -0.15) is 4.31 Å². The highest BCUT2D eigenvalue weighted by Crippen LogP contribution is 2.36. The third-order valence-electron chi connectivity index (χ3n) is 3.53. The third-order valence-corrected chi connectivity index (χ3v) is 5.49. The summed E-state index contributed by atoms with van der Waals surface area (Å²) in [4.78, 5) is 0. The fourth-order valence-corrected chi connectivity index (χ4v) is 4.02. The second kappa shape index (κ2) is 5.67. The van der Waals surface area contributed by atoms with E-state index in [2.05, 4.69) is 5.32 Å². The highest BCUT2D eigenvalue weighted by atomic mass is 32.2. The normalized spacial score (nSPS) is 21.1. The Labute approximate surface area is 105 Å². The van der Waals surface area contributed by atoms with Crippen LogP contribution >= 0.6 is 0 Å². The molecule has 100 valence electrons. The van der Waals surface area contributed by atoms with Crippen molar-refractivity contribution >= 4 is 10.0 Å². The molecule has 2 rings (SSSR count). The third kappa shape index (κ3) is 4.23. The topological polar surface area (TPSA) is 49.4 Å². The highest BCUT2D eigenvalue weighted by molar-refractivity contribution is 7.89. The van der Waals surface area contributed by atoms with E-state index in [1.54, 1.807) is 0 Å². The number of hydrogen-bond donors (Lipinski definition) is 1. The van der Waals surface area contributed by atoms with Crippen molar-refractivity contribution in [2.24, 2.45) is 5.92 Å². The zero-order chi connectivity index (χ0) is 12.3. The lowest BCUT2D eigenvalue weighted by Crippen LogP contribution is -2.36. The van der Waals surface area contributed by atoms with Gasteiger partial charge in [-0.1, -0.05) is 0 Å². The summed E-state index contributed by atoms with van der Waals surface area (Å²) in [5.74, 6) is 0.987. The molecule has 0 aromatic heterocycles. The first-order valence-electron chi connectivity index (χ1n) is 6.77. The summed E-state index contributed by atoms with van der Waals surface area (Å²) in [5, 5.41) is 3.05. The molecule has 0 unspecified atom stereocenters. The molecule has 0 heterocycles. The molecule has 0 aromatic rings. The number of rotatable bonds is 9. The molecule has 0 aromatic carbocycles. The largest absolute Gasteiger partial charge is 0.320 e. The Bertz CT molecular complexity index is 334. The molecule has 2 fully saturated rings. The van der Waals surface area contributed by atoms with Crippen molar-refractivity contribution in [3.63, 3.8) is 0 Å². The number of unbranched alkanes of at least 4 members (excludes halogenated alkanes) is 1. The fraction of sp³-hybridized carbons (Fsp3) is 1.00. The molecule has 0 atom stereocenters. The first kappa shape index (κ1) is 13.3. The predicted octanol–water partition coefficient (Wildman–Crippen LogP) is 1.19. The average Bonchev–Trinajstić information content (AvgIpc) is 3.14. The smallest absolute Gasteiger partial charge is 0.214 e. The van der Waals surface area contributed by atoms with Gasteiger partial charge in [0.25, 0.3) is 0 Å². The Hall–Kier alpha value is -0.130. The Morgan fingerprint density at radius 2 is 1.88 bits per heavy atom. The molecular weight excluding hydrogens is 236 g/mol. The molecule has 0 saturated heterocycles. The molecule has 1 N–H and O–H groups in total. The van der Waals surface area contributed by atoms with E-state index in [0.717, 1.165) is 38.8 Å². The molecule has 2 aliphatic carbocycles.